The number of anilines is 1. The molecule has 0 aliphatic carbocycles. The van der Waals surface area contributed by atoms with Crippen LogP contribution in [0.1, 0.15) is 11.3 Å². The second-order valence-corrected chi connectivity index (χ2v) is 4.34. The first kappa shape index (κ1) is 12.9. The number of hydrogen-bond acceptors (Lipinski definition) is 3. The molecule has 0 unspecified atom stereocenters. The number of aromatic nitrogens is 2. The van der Waals surface area contributed by atoms with Crippen molar-refractivity contribution in [1.82, 2.24) is 14.7 Å². The average Bonchev–Trinajstić information content (AvgIpc) is 2.68. The Labute approximate surface area is 111 Å². The summed E-state index contributed by atoms with van der Waals surface area (Å²) in [4.78, 5) is 12.0. The van der Waals surface area contributed by atoms with Gasteiger partial charge in [-0.05, 0) is 19.1 Å². The summed E-state index contributed by atoms with van der Waals surface area (Å²) >= 11 is 0. The van der Waals surface area contributed by atoms with E-state index < -0.39 is 6.09 Å². The normalized spacial score (nSPS) is 10.4. The Bertz CT molecular complexity index is 592. The molecule has 1 aromatic heterocycles. The first-order valence-corrected chi connectivity index (χ1v) is 5.84. The zero-order valence-electron chi connectivity index (χ0n) is 10.9. The van der Waals surface area contributed by atoms with Crippen molar-refractivity contribution >= 4 is 11.9 Å². The molecule has 3 N–H and O–H groups in total. The van der Waals surface area contributed by atoms with E-state index in [0.717, 1.165) is 11.3 Å². The van der Waals surface area contributed by atoms with Gasteiger partial charge in [-0.3, -0.25) is 0 Å². The van der Waals surface area contributed by atoms with Gasteiger partial charge in [0.05, 0.1) is 17.9 Å². The molecule has 2 rings (SSSR count). The largest absolute Gasteiger partial charge is 0.465 e. The molecule has 0 saturated heterocycles. The van der Waals surface area contributed by atoms with Crippen molar-refractivity contribution in [2.24, 2.45) is 0 Å². The molecule has 0 aliphatic rings. The van der Waals surface area contributed by atoms with Gasteiger partial charge < -0.3 is 15.7 Å². The minimum Gasteiger partial charge on any atom is -0.465 e. The fraction of sp³-hybridized carbons (Fsp3) is 0.231. The van der Waals surface area contributed by atoms with Gasteiger partial charge in [-0.1, -0.05) is 18.2 Å². The van der Waals surface area contributed by atoms with E-state index in [-0.39, 0.29) is 6.54 Å². The number of nitrogens with zero attached hydrogens (tertiary/aromatic N) is 3. The lowest BCUT2D eigenvalue weighted by Crippen LogP contribution is -2.24. The number of carbonyl (C=O) groups is 1. The molecule has 2 aromatic rings. The van der Waals surface area contributed by atoms with Gasteiger partial charge in [-0.25, -0.2) is 9.48 Å². The summed E-state index contributed by atoms with van der Waals surface area (Å²) < 4.78 is 1.63. The summed E-state index contributed by atoms with van der Waals surface area (Å²) in [6.45, 7) is 2.05. The van der Waals surface area contributed by atoms with E-state index in [1.807, 2.05) is 37.3 Å². The quantitative estimate of drug-likeness (QED) is 0.882. The molecular formula is C13H16N4O2. The van der Waals surface area contributed by atoms with Crippen molar-refractivity contribution in [1.29, 1.82) is 0 Å². The highest BCUT2D eigenvalue weighted by atomic mass is 16.4. The van der Waals surface area contributed by atoms with Gasteiger partial charge in [0.15, 0.2) is 0 Å². The van der Waals surface area contributed by atoms with Crippen LogP contribution in [0.3, 0.4) is 0 Å². The molecule has 19 heavy (non-hydrogen) atoms. The highest BCUT2D eigenvalue weighted by Gasteiger charge is 2.16. The van der Waals surface area contributed by atoms with Crippen molar-refractivity contribution in [3.05, 3.63) is 41.6 Å². The van der Waals surface area contributed by atoms with Crippen LogP contribution in [0.15, 0.2) is 30.3 Å². The monoisotopic (exact) mass is 260 g/mol. The van der Waals surface area contributed by atoms with Gasteiger partial charge in [0, 0.05) is 12.6 Å². The second kappa shape index (κ2) is 5.01. The average molecular weight is 260 g/mol. The van der Waals surface area contributed by atoms with E-state index in [1.165, 1.54) is 11.9 Å². The molecule has 0 bridgehead atoms. The number of amides is 1. The van der Waals surface area contributed by atoms with E-state index in [0.29, 0.717) is 11.5 Å². The predicted molar refractivity (Wildman–Crippen MR) is 72.2 cm³/mol. The molecule has 0 radical (unpaired) electrons. The highest BCUT2D eigenvalue weighted by molar-refractivity contribution is 5.64. The van der Waals surface area contributed by atoms with Crippen LogP contribution < -0.4 is 5.73 Å². The third-order valence-electron chi connectivity index (χ3n) is 2.98. The molecule has 6 nitrogen and oxygen atoms in total. The Morgan fingerprint density at radius 2 is 2.05 bits per heavy atom. The summed E-state index contributed by atoms with van der Waals surface area (Å²) in [7, 11) is 1.50. The first-order valence-electron chi connectivity index (χ1n) is 5.84. The lowest BCUT2D eigenvalue weighted by molar-refractivity contribution is 0.153. The smallest absolute Gasteiger partial charge is 0.407 e. The lowest BCUT2D eigenvalue weighted by atomic mass is 10.2. The summed E-state index contributed by atoms with van der Waals surface area (Å²) in [5, 5.41) is 13.3. The number of hydrogen-bond donors (Lipinski definition) is 2. The Morgan fingerprint density at radius 3 is 2.63 bits per heavy atom. The fourth-order valence-corrected chi connectivity index (χ4v) is 1.76. The molecule has 1 amide bonds. The van der Waals surface area contributed by atoms with Crippen molar-refractivity contribution in [2.75, 3.05) is 12.8 Å². The Morgan fingerprint density at radius 1 is 1.42 bits per heavy atom. The summed E-state index contributed by atoms with van der Waals surface area (Å²) in [6.07, 6.45) is -0.993. The molecular weight excluding hydrogens is 244 g/mol. The summed E-state index contributed by atoms with van der Waals surface area (Å²) in [5.41, 5.74) is 8.34. The van der Waals surface area contributed by atoms with Crippen LogP contribution in [-0.2, 0) is 6.54 Å². The van der Waals surface area contributed by atoms with Crippen molar-refractivity contribution in [3.63, 3.8) is 0 Å². The van der Waals surface area contributed by atoms with E-state index >= 15 is 0 Å². The summed E-state index contributed by atoms with van der Waals surface area (Å²) in [6, 6.07) is 9.50. The maximum atomic E-state index is 10.8. The number of rotatable bonds is 3. The molecule has 1 heterocycles. The highest BCUT2D eigenvalue weighted by Crippen LogP contribution is 2.20. The van der Waals surface area contributed by atoms with Crippen LogP contribution in [0.25, 0.3) is 5.69 Å². The van der Waals surface area contributed by atoms with Crippen LogP contribution in [0.2, 0.25) is 0 Å². The van der Waals surface area contributed by atoms with E-state index in [9.17, 15) is 4.79 Å². The minimum atomic E-state index is -0.993. The fourth-order valence-electron chi connectivity index (χ4n) is 1.76. The Kier molecular flexibility index (Phi) is 3.41. The van der Waals surface area contributed by atoms with Gasteiger partial charge >= 0.3 is 6.09 Å². The van der Waals surface area contributed by atoms with E-state index in [4.69, 9.17) is 10.8 Å². The number of carboxylic acid groups (broad SMARTS) is 1. The molecule has 0 aliphatic heterocycles. The zero-order valence-corrected chi connectivity index (χ0v) is 10.9. The number of nitrogen functional groups attached to an aromatic ring is 1. The van der Waals surface area contributed by atoms with E-state index in [1.54, 1.807) is 4.68 Å². The second-order valence-electron chi connectivity index (χ2n) is 4.34. The molecule has 6 heteroatoms. The van der Waals surface area contributed by atoms with Crippen LogP contribution in [0.4, 0.5) is 10.6 Å². The molecule has 0 atom stereocenters. The maximum Gasteiger partial charge on any atom is 0.407 e. The standard InChI is InChI=1S/C13H16N4O2/c1-9-11(8-16(2)13(18)19)15-17(12(9)14)10-6-4-3-5-7-10/h3-7H,8,14H2,1-2H3,(H,18,19). The third kappa shape index (κ3) is 2.52. The first-order chi connectivity index (χ1) is 9.00. The van der Waals surface area contributed by atoms with Crippen molar-refractivity contribution in [2.45, 2.75) is 13.5 Å². The number of nitrogens with two attached hydrogens (primary N) is 1. The SMILES string of the molecule is Cc1c(CN(C)C(=O)O)nn(-c2ccccc2)c1N. The molecule has 0 spiro atoms. The lowest BCUT2D eigenvalue weighted by Gasteiger charge is -2.10. The third-order valence-corrected chi connectivity index (χ3v) is 2.98. The maximum absolute atomic E-state index is 10.8. The molecule has 0 fully saturated rings. The van der Waals surface area contributed by atoms with Gasteiger partial charge in [0.2, 0.25) is 0 Å². The van der Waals surface area contributed by atoms with Gasteiger partial charge in [0.1, 0.15) is 5.82 Å². The predicted octanol–water partition coefficient (Wildman–Crippen LogP) is 1.87. The summed E-state index contributed by atoms with van der Waals surface area (Å²) in [5.74, 6) is 0.528. The number of benzene rings is 1. The van der Waals surface area contributed by atoms with Gasteiger partial charge in [-0.15, -0.1) is 0 Å². The topological polar surface area (TPSA) is 84.4 Å². The van der Waals surface area contributed by atoms with Crippen LogP contribution in [-0.4, -0.2) is 32.9 Å². The van der Waals surface area contributed by atoms with Crippen LogP contribution >= 0.6 is 0 Å². The van der Waals surface area contributed by atoms with Crippen LogP contribution in [0, 0.1) is 6.92 Å². The molecule has 0 saturated carbocycles. The van der Waals surface area contributed by atoms with E-state index in [2.05, 4.69) is 5.10 Å². The minimum absolute atomic E-state index is 0.213. The Hall–Kier alpha value is -2.50. The van der Waals surface area contributed by atoms with Gasteiger partial charge in [0.25, 0.3) is 0 Å². The number of para-hydroxylation sites is 1. The van der Waals surface area contributed by atoms with Gasteiger partial charge in [-0.2, -0.15) is 5.10 Å². The molecule has 1 aromatic carbocycles. The van der Waals surface area contributed by atoms with Crippen molar-refractivity contribution < 1.29 is 9.90 Å². The zero-order chi connectivity index (χ0) is 14.0. The van der Waals surface area contributed by atoms with Crippen LogP contribution in [0.5, 0.6) is 0 Å². The Balaban J connectivity index is 2.36. The van der Waals surface area contributed by atoms with Crippen molar-refractivity contribution in [3.8, 4) is 5.69 Å². The molecule has 100 valence electrons.